The largest absolute Gasteiger partial charge is 0.395 e. The fraction of sp³-hybridized carbons (Fsp3) is 0.600. The maximum atomic E-state index is 13.4. The van der Waals surface area contributed by atoms with Gasteiger partial charge in [-0.3, -0.25) is 0 Å². The standard InChI is InChI=1S/C15H22FNO/c16-14-7-3-6-13(8-14)15(10-17,11-18)9-12-4-1-2-5-12/h3,6-8,12,18H,1-2,4-5,9-11,17H2. The Balaban J connectivity index is 2.24. The van der Waals surface area contributed by atoms with Gasteiger partial charge in [0.2, 0.25) is 0 Å². The molecule has 0 aromatic heterocycles. The van der Waals surface area contributed by atoms with Crippen molar-refractivity contribution in [3.05, 3.63) is 35.6 Å². The lowest BCUT2D eigenvalue weighted by atomic mass is 9.74. The first-order valence-electron chi connectivity index (χ1n) is 6.77. The zero-order valence-electron chi connectivity index (χ0n) is 10.7. The van der Waals surface area contributed by atoms with E-state index in [4.69, 9.17) is 5.73 Å². The summed E-state index contributed by atoms with van der Waals surface area (Å²) in [6.07, 6.45) is 5.80. The summed E-state index contributed by atoms with van der Waals surface area (Å²) in [6.45, 7) is 0.354. The van der Waals surface area contributed by atoms with Gasteiger partial charge in [-0.15, -0.1) is 0 Å². The highest BCUT2D eigenvalue weighted by molar-refractivity contribution is 5.27. The Bertz CT molecular complexity index is 384. The van der Waals surface area contributed by atoms with E-state index in [0.717, 1.165) is 12.0 Å². The molecule has 1 aromatic rings. The number of nitrogens with two attached hydrogens (primary N) is 1. The first-order valence-corrected chi connectivity index (χ1v) is 6.77. The molecule has 0 aliphatic heterocycles. The molecule has 0 spiro atoms. The third-order valence-corrected chi connectivity index (χ3v) is 4.28. The Morgan fingerprint density at radius 2 is 2.06 bits per heavy atom. The molecule has 0 saturated heterocycles. The van der Waals surface area contributed by atoms with E-state index in [1.54, 1.807) is 6.07 Å². The number of aliphatic hydroxyl groups excluding tert-OH is 1. The number of halogens is 1. The van der Waals surface area contributed by atoms with Crippen LogP contribution in [0.25, 0.3) is 0 Å². The third-order valence-electron chi connectivity index (χ3n) is 4.28. The van der Waals surface area contributed by atoms with E-state index in [1.807, 2.05) is 6.07 Å². The second-order valence-electron chi connectivity index (χ2n) is 5.51. The summed E-state index contributed by atoms with van der Waals surface area (Å²) in [4.78, 5) is 0. The summed E-state index contributed by atoms with van der Waals surface area (Å²) >= 11 is 0. The van der Waals surface area contributed by atoms with E-state index in [0.29, 0.717) is 12.5 Å². The van der Waals surface area contributed by atoms with Gasteiger partial charge in [-0.1, -0.05) is 37.8 Å². The zero-order chi connectivity index (χ0) is 13.0. The maximum Gasteiger partial charge on any atom is 0.123 e. The van der Waals surface area contributed by atoms with Crippen LogP contribution < -0.4 is 5.73 Å². The number of rotatable bonds is 5. The fourth-order valence-electron chi connectivity index (χ4n) is 3.12. The molecular weight excluding hydrogens is 229 g/mol. The van der Waals surface area contributed by atoms with Crippen LogP contribution in [0.3, 0.4) is 0 Å². The molecule has 100 valence electrons. The van der Waals surface area contributed by atoms with Crippen molar-refractivity contribution in [1.82, 2.24) is 0 Å². The minimum absolute atomic E-state index is 0.0105. The quantitative estimate of drug-likeness (QED) is 0.845. The van der Waals surface area contributed by atoms with Crippen LogP contribution in [0.5, 0.6) is 0 Å². The number of aliphatic hydroxyl groups is 1. The monoisotopic (exact) mass is 251 g/mol. The lowest BCUT2D eigenvalue weighted by Gasteiger charge is -2.33. The van der Waals surface area contributed by atoms with Gasteiger partial charge in [0, 0.05) is 12.0 Å². The van der Waals surface area contributed by atoms with Gasteiger partial charge in [-0.05, 0) is 30.0 Å². The fourth-order valence-corrected chi connectivity index (χ4v) is 3.12. The molecule has 0 bridgehead atoms. The maximum absolute atomic E-state index is 13.4. The van der Waals surface area contributed by atoms with Crippen molar-refractivity contribution in [1.29, 1.82) is 0 Å². The molecule has 0 radical (unpaired) electrons. The molecule has 1 saturated carbocycles. The third kappa shape index (κ3) is 2.73. The average Bonchev–Trinajstić information content (AvgIpc) is 2.89. The van der Waals surface area contributed by atoms with Gasteiger partial charge in [-0.2, -0.15) is 0 Å². The highest BCUT2D eigenvalue weighted by Crippen LogP contribution is 2.37. The second kappa shape index (κ2) is 5.81. The Morgan fingerprint density at radius 1 is 1.33 bits per heavy atom. The Labute approximate surface area is 108 Å². The molecule has 1 aromatic carbocycles. The predicted molar refractivity (Wildman–Crippen MR) is 70.8 cm³/mol. The van der Waals surface area contributed by atoms with Crippen molar-refractivity contribution < 1.29 is 9.50 Å². The molecule has 2 nitrogen and oxygen atoms in total. The van der Waals surface area contributed by atoms with Crippen LogP contribution in [-0.4, -0.2) is 18.3 Å². The van der Waals surface area contributed by atoms with Crippen molar-refractivity contribution in [2.45, 2.75) is 37.5 Å². The van der Waals surface area contributed by atoms with Gasteiger partial charge in [0.05, 0.1) is 6.61 Å². The highest BCUT2D eigenvalue weighted by atomic mass is 19.1. The lowest BCUT2D eigenvalue weighted by Crippen LogP contribution is -2.40. The number of hydrogen-bond donors (Lipinski definition) is 2. The molecule has 2 rings (SSSR count). The van der Waals surface area contributed by atoms with Gasteiger partial charge < -0.3 is 10.8 Å². The van der Waals surface area contributed by atoms with Crippen LogP contribution in [0.4, 0.5) is 4.39 Å². The zero-order valence-corrected chi connectivity index (χ0v) is 10.7. The SMILES string of the molecule is NCC(CO)(CC1CCCC1)c1cccc(F)c1. The molecule has 1 fully saturated rings. The van der Waals surface area contributed by atoms with Crippen LogP contribution in [0.1, 0.15) is 37.7 Å². The van der Waals surface area contributed by atoms with Crippen molar-refractivity contribution in [3.8, 4) is 0 Å². The summed E-state index contributed by atoms with van der Waals surface area (Å²) in [6, 6.07) is 6.51. The van der Waals surface area contributed by atoms with E-state index in [-0.39, 0.29) is 12.4 Å². The second-order valence-corrected chi connectivity index (χ2v) is 5.51. The van der Waals surface area contributed by atoms with Gasteiger partial charge in [0.15, 0.2) is 0 Å². The topological polar surface area (TPSA) is 46.2 Å². The molecule has 0 heterocycles. The molecule has 0 amide bonds. The molecule has 1 atom stereocenters. The summed E-state index contributed by atoms with van der Waals surface area (Å²) in [7, 11) is 0. The van der Waals surface area contributed by atoms with E-state index in [1.165, 1.54) is 37.8 Å². The normalized spacial score (nSPS) is 19.9. The minimum Gasteiger partial charge on any atom is -0.395 e. The molecular formula is C15H22FNO. The Kier molecular flexibility index (Phi) is 4.36. The molecule has 1 aliphatic rings. The van der Waals surface area contributed by atoms with Crippen LogP contribution >= 0.6 is 0 Å². The number of benzene rings is 1. The first kappa shape index (κ1) is 13.5. The summed E-state index contributed by atoms with van der Waals surface area (Å²) in [5, 5.41) is 9.78. The van der Waals surface area contributed by atoms with E-state index in [9.17, 15) is 9.50 Å². The molecule has 3 N–H and O–H groups in total. The van der Waals surface area contributed by atoms with E-state index >= 15 is 0 Å². The van der Waals surface area contributed by atoms with Crippen LogP contribution in [0.2, 0.25) is 0 Å². The van der Waals surface area contributed by atoms with Crippen molar-refractivity contribution in [2.24, 2.45) is 11.7 Å². The van der Waals surface area contributed by atoms with Gasteiger partial charge >= 0.3 is 0 Å². The summed E-state index contributed by atoms with van der Waals surface area (Å²) in [5.74, 6) is 0.356. The predicted octanol–water partition coefficient (Wildman–Crippen LogP) is 2.59. The van der Waals surface area contributed by atoms with Crippen molar-refractivity contribution >= 4 is 0 Å². The van der Waals surface area contributed by atoms with Crippen molar-refractivity contribution in [2.75, 3.05) is 13.2 Å². The lowest BCUT2D eigenvalue weighted by molar-refractivity contribution is 0.169. The van der Waals surface area contributed by atoms with Gasteiger partial charge in [0.25, 0.3) is 0 Å². The first-order chi connectivity index (χ1) is 8.70. The van der Waals surface area contributed by atoms with Crippen LogP contribution in [-0.2, 0) is 5.41 Å². The minimum atomic E-state index is -0.475. The number of hydrogen-bond acceptors (Lipinski definition) is 2. The smallest absolute Gasteiger partial charge is 0.123 e. The van der Waals surface area contributed by atoms with E-state index in [2.05, 4.69) is 0 Å². The highest BCUT2D eigenvalue weighted by Gasteiger charge is 2.34. The Morgan fingerprint density at radius 3 is 2.61 bits per heavy atom. The van der Waals surface area contributed by atoms with E-state index < -0.39 is 5.41 Å². The van der Waals surface area contributed by atoms with Crippen LogP contribution in [0, 0.1) is 11.7 Å². The molecule has 1 aliphatic carbocycles. The molecule has 1 unspecified atom stereocenters. The van der Waals surface area contributed by atoms with Gasteiger partial charge in [0.1, 0.15) is 5.82 Å². The summed E-state index contributed by atoms with van der Waals surface area (Å²) < 4.78 is 13.4. The summed E-state index contributed by atoms with van der Waals surface area (Å²) in [5.41, 5.74) is 6.25. The van der Waals surface area contributed by atoms with Crippen molar-refractivity contribution in [3.63, 3.8) is 0 Å². The molecule has 18 heavy (non-hydrogen) atoms. The average molecular weight is 251 g/mol. The van der Waals surface area contributed by atoms with Crippen LogP contribution in [0.15, 0.2) is 24.3 Å². The van der Waals surface area contributed by atoms with Gasteiger partial charge in [-0.25, -0.2) is 4.39 Å². The Hall–Kier alpha value is -0.930. The molecule has 3 heteroatoms.